The second-order valence-electron chi connectivity index (χ2n) is 6.93. The van der Waals surface area contributed by atoms with Gasteiger partial charge in [0.2, 0.25) is 0 Å². The molecular formula is C24H21IN2O3S. The summed E-state index contributed by atoms with van der Waals surface area (Å²) in [4.78, 5) is 8.95. The first-order chi connectivity index (χ1) is 14.9. The average molecular weight is 544 g/mol. The third-order valence-electron chi connectivity index (χ3n) is 4.50. The monoisotopic (exact) mass is 544 g/mol. The van der Waals surface area contributed by atoms with E-state index in [1.54, 1.807) is 42.7 Å². The molecule has 0 bridgehead atoms. The molecule has 31 heavy (non-hydrogen) atoms. The Morgan fingerprint density at radius 2 is 1.42 bits per heavy atom. The maximum absolute atomic E-state index is 13.2. The molecule has 5 nitrogen and oxygen atoms in total. The molecule has 0 unspecified atom stereocenters. The third-order valence-corrected chi connectivity index (χ3v) is 12.0. The van der Waals surface area contributed by atoms with Gasteiger partial charge >= 0.3 is 191 Å². The second kappa shape index (κ2) is 9.25. The van der Waals surface area contributed by atoms with Crippen molar-refractivity contribution >= 4 is 30.4 Å². The van der Waals surface area contributed by atoms with Crippen molar-refractivity contribution in [2.24, 2.45) is 0 Å². The minimum absolute atomic E-state index is 0.154. The Hall–Kier alpha value is -2.62. The fourth-order valence-electron chi connectivity index (χ4n) is 2.94. The van der Waals surface area contributed by atoms with E-state index in [1.807, 2.05) is 62.4 Å². The van der Waals surface area contributed by atoms with Gasteiger partial charge in [-0.2, -0.15) is 0 Å². The van der Waals surface area contributed by atoms with Crippen LogP contribution in [0.25, 0.3) is 11.4 Å². The van der Waals surface area contributed by atoms with Crippen LogP contribution in [-0.4, -0.2) is 18.4 Å². The molecule has 4 rings (SSSR count). The predicted molar refractivity (Wildman–Crippen MR) is 130 cm³/mol. The number of benzene rings is 3. The van der Waals surface area contributed by atoms with Crippen molar-refractivity contribution in [3.8, 4) is 11.4 Å². The van der Waals surface area contributed by atoms with E-state index >= 15 is 0 Å². The van der Waals surface area contributed by atoms with Crippen LogP contribution in [0.1, 0.15) is 11.1 Å². The molecule has 1 heterocycles. The van der Waals surface area contributed by atoms with E-state index in [1.165, 1.54) is 0 Å². The molecular weight excluding hydrogens is 523 g/mol. The van der Waals surface area contributed by atoms with E-state index in [-0.39, 0.29) is 4.90 Å². The number of aryl methyl sites for hydroxylation is 2. The number of nitrogens with zero attached hydrogens (tertiary/aromatic N) is 2. The minimum atomic E-state index is -3.95. The molecule has 158 valence electrons. The Morgan fingerprint density at radius 1 is 0.774 bits per heavy atom. The number of aromatic nitrogens is 2. The van der Waals surface area contributed by atoms with Crippen LogP contribution in [0.2, 0.25) is 0 Å². The van der Waals surface area contributed by atoms with Crippen molar-refractivity contribution in [2.45, 2.75) is 18.7 Å². The Morgan fingerprint density at radius 3 is 2.10 bits per heavy atom. The molecule has 0 aliphatic carbocycles. The van der Waals surface area contributed by atoms with Crippen LogP contribution in [0.4, 0.5) is 0 Å². The molecule has 0 N–H and O–H groups in total. The summed E-state index contributed by atoms with van der Waals surface area (Å²) in [6, 6.07) is 23.9. The van der Waals surface area contributed by atoms with Crippen molar-refractivity contribution in [3.05, 3.63) is 110 Å². The first kappa shape index (κ1) is 21.6. The summed E-state index contributed by atoms with van der Waals surface area (Å²) in [6.45, 7) is 3.90. The quantitative estimate of drug-likeness (QED) is 0.295. The number of halogens is 1. The summed E-state index contributed by atoms with van der Waals surface area (Å²) in [5.41, 5.74) is 2.82. The predicted octanol–water partition coefficient (Wildman–Crippen LogP) is 5.63. The summed E-state index contributed by atoms with van der Waals surface area (Å²) in [7, 11) is -3.95. The Labute approximate surface area is 190 Å². The van der Waals surface area contributed by atoms with E-state index in [0.717, 1.165) is 23.8 Å². The number of hydrogen-bond donors (Lipinski definition) is 0. The van der Waals surface area contributed by atoms with Gasteiger partial charge in [-0.05, 0) is 0 Å². The van der Waals surface area contributed by atoms with Crippen LogP contribution in [0.3, 0.4) is 0 Å². The first-order valence-electron chi connectivity index (χ1n) is 9.59. The zero-order valence-corrected chi connectivity index (χ0v) is 20.0. The topological polar surface area (TPSA) is 69.2 Å². The van der Waals surface area contributed by atoms with Gasteiger partial charge in [-0.15, -0.1) is 0 Å². The zero-order valence-electron chi connectivity index (χ0n) is 17.1. The first-order valence-corrected chi connectivity index (χ1v) is 14.0. The van der Waals surface area contributed by atoms with Gasteiger partial charge < -0.3 is 0 Å². The van der Waals surface area contributed by atoms with Crippen LogP contribution >= 0.6 is 20.2 Å². The zero-order chi connectivity index (χ0) is 21.8. The number of rotatable bonds is 6. The molecule has 1 aromatic heterocycles. The summed E-state index contributed by atoms with van der Waals surface area (Å²) in [5.74, 6) is 0.552. The van der Waals surface area contributed by atoms with Crippen molar-refractivity contribution in [1.82, 2.24) is 9.97 Å². The summed E-state index contributed by atoms with van der Waals surface area (Å²) in [6.07, 6.45) is 3.36. The molecule has 0 aliphatic heterocycles. The molecule has 0 fully saturated rings. The fourth-order valence-corrected chi connectivity index (χ4v) is 10.2. The molecule has 0 amide bonds. The van der Waals surface area contributed by atoms with Crippen LogP contribution in [0.5, 0.6) is 0 Å². The summed E-state index contributed by atoms with van der Waals surface area (Å²) < 4.78 is 34.1. The van der Waals surface area contributed by atoms with Gasteiger partial charge in [0.25, 0.3) is 0 Å². The normalized spacial score (nSPS) is 11.9. The summed E-state index contributed by atoms with van der Waals surface area (Å²) in [5, 5.41) is 0. The van der Waals surface area contributed by atoms with E-state index in [4.69, 9.17) is 2.51 Å². The fraction of sp³-hybridized carbons (Fsp3) is 0.0833. The van der Waals surface area contributed by atoms with E-state index in [9.17, 15) is 8.42 Å². The second-order valence-corrected chi connectivity index (χ2v) is 13.3. The molecule has 0 saturated carbocycles. The average Bonchev–Trinajstić information content (AvgIpc) is 2.79. The maximum atomic E-state index is 13.2. The van der Waals surface area contributed by atoms with Gasteiger partial charge in [0.1, 0.15) is 0 Å². The van der Waals surface area contributed by atoms with E-state index < -0.39 is 30.4 Å². The van der Waals surface area contributed by atoms with E-state index in [2.05, 4.69) is 9.97 Å². The third kappa shape index (κ3) is 5.00. The van der Waals surface area contributed by atoms with Gasteiger partial charge in [-0.1, -0.05) is 0 Å². The molecule has 3 aromatic carbocycles. The SMILES string of the molecule is Cc1ccc(S(=O)(=O)OI(c2ccccc2)c2ccc(C)cc2-c2ncccn2)cc1. The summed E-state index contributed by atoms with van der Waals surface area (Å²) >= 11 is -2.89. The van der Waals surface area contributed by atoms with Crippen molar-refractivity contribution < 1.29 is 10.9 Å². The Bertz CT molecular complexity index is 1280. The Balaban J connectivity index is 1.85. The standard InChI is InChI=1S/C24H21IN2O3S/c1-18-9-12-21(13-10-18)31(28,29)30-25(20-7-4-3-5-8-20)23-14-11-19(2)17-22(23)24-26-15-6-16-27-24/h3-17H,1-2H3. The van der Waals surface area contributed by atoms with Crippen molar-refractivity contribution in [1.29, 1.82) is 0 Å². The molecule has 0 atom stereocenters. The van der Waals surface area contributed by atoms with Crippen LogP contribution in [-0.2, 0) is 12.6 Å². The molecule has 4 aromatic rings. The number of hydrogen-bond acceptors (Lipinski definition) is 5. The van der Waals surface area contributed by atoms with Crippen LogP contribution in [0, 0.1) is 21.0 Å². The molecule has 0 aliphatic rings. The van der Waals surface area contributed by atoms with Gasteiger partial charge in [-0.25, -0.2) is 0 Å². The van der Waals surface area contributed by atoms with Crippen molar-refractivity contribution in [3.63, 3.8) is 0 Å². The van der Waals surface area contributed by atoms with E-state index in [0.29, 0.717) is 5.82 Å². The molecule has 0 radical (unpaired) electrons. The molecule has 0 spiro atoms. The van der Waals surface area contributed by atoms with Gasteiger partial charge in [0.05, 0.1) is 0 Å². The molecule has 0 saturated heterocycles. The van der Waals surface area contributed by atoms with Gasteiger partial charge in [-0.3, -0.25) is 0 Å². The molecule has 7 heteroatoms. The van der Waals surface area contributed by atoms with Gasteiger partial charge in [0, 0.05) is 0 Å². The van der Waals surface area contributed by atoms with Crippen LogP contribution < -0.4 is 0 Å². The van der Waals surface area contributed by atoms with Gasteiger partial charge in [0.15, 0.2) is 0 Å². The van der Waals surface area contributed by atoms with Crippen LogP contribution in [0.15, 0.2) is 96.2 Å². The Kier molecular flexibility index (Phi) is 6.45. The van der Waals surface area contributed by atoms with Crippen molar-refractivity contribution in [2.75, 3.05) is 0 Å².